The van der Waals surface area contributed by atoms with Gasteiger partial charge in [-0.25, -0.2) is 27.7 Å². The van der Waals surface area contributed by atoms with Gasteiger partial charge < -0.3 is 20.1 Å². The van der Waals surface area contributed by atoms with Gasteiger partial charge in [0, 0.05) is 41.0 Å². The summed E-state index contributed by atoms with van der Waals surface area (Å²) in [6.45, 7) is 10.1. The van der Waals surface area contributed by atoms with Gasteiger partial charge in [0.2, 0.25) is 10.0 Å². The SMILES string of the molecule is CC(C)OC(=O)NC1CCC(c2ncc(-c3ccc(NC(=O)OC[C@@H]4CCCN4)cc3S(=O)(=O)NC(C)(C)C)s2)CC1.S. The van der Waals surface area contributed by atoms with Gasteiger partial charge in [-0.15, -0.1) is 11.3 Å². The molecule has 2 amide bonds. The Balaban J connectivity index is 0.00000506. The van der Waals surface area contributed by atoms with Crippen molar-refractivity contribution in [1.29, 1.82) is 0 Å². The highest BCUT2D eigenvalue weighted by Crippen LogP contribution is 2.40. The number of anilines is 1. The normalized spacial score (nSPS) is 20.7. The topological polar surface area (TPSA) is 148 Å². The van der Waals surface area contributed by atoms with Crippen molar-refractivity contribution >= 4 is 52.7 Å². The Kier molecular flexibility index (Phi) is 12.3. The number of carbonyl (C=O) groups is 2. The first-order chi connectivity index (χ1) is 19.8. The summed E-state index contributed by atoms with van der Waals surface area (Å²) in [6, 6.07) is 5.04. The average molecular weight is 656 g/mol. The second-order valence-electron chi connectivity index (χ2n) is 12.3. The second-order valence-corrected chi connectivity index (χ2v) is 15.0. The fraction of sp³-hybridized carbons (Fsp3) is 0.621. The highest BCUT2D eigenvalue weighted by Gasteiger charge is 2.29. The van der Waals surface area contributed by atoms with Crippen LogP contribution in [-0.4, -0.2) is 62.5 Å². The van der Waals surface area contributed by atoms with E-state index >= 15 is 0 Å². The van der Waals surface area contributed by atoms with Crippen LogP contribution in [0.5, 0.6) is 0 Å². The number of hydrogen-bond acceptors (Lipinski definition) is 9. The number of amides is 2. The van der Waals surface area contributed by atoms with Crippen LogP contribution in [0.15, 0.2) is 29.3 Å². The van der Waals surface area contributed by atoms with E-state index in [1.807, 2.05) is 13.8 Å². The summed E-state index contributed by atoms with van der Waals surface area (Å²) in [7, 11) is -3.95. The van der Waals surface area contributed by atoms with Gasteiger partial charge in [-0.05, 0) is 91.8 Å². The maximum atomic E-state index is 13.6. The van der Waals surface area contributed by atoms with E-state index in [0.717, 1.165) is 55.0 Å². The first-order valence-corrected chi connectivity index (χ1v) is 16.9. The van der Waals surface area contributed by atoms with Crippen LogP contribution in [0.1, 0.15) is 84.1 Å². The zero-order chi connectivity index (χ0) is 30.5. The van der Waals surface area contributed by atoms with Gasteiger partial charge in [0.15, 0.2) is 0 Å². The lowest BCUT2D eigenvalue weighted by Crippen LogP contribution is -2.40. The number of benzene rings is 1. The van der Waals surface area contributed by atoms with Crippen LogP contribution >= 0.6 is 24.8 Å². The van der Waals surface area contributed by atoms with Crippen LogP contribution in [0.3, 0.4) is 0 Å². The third-order valence-electron chi connectivity index (χ3n) is 7.07. The average Bonchev–Trinajstić information content (AvgIpc) is 3.59. The van der Waals surface area contributed by atoms with E-state index in [1.165, 1.54) is 17.4 Å². The Morgan fingerprint density at radius 3 is 2.47 bits per heavy atom. The summed E-state index contributed by atoms with van der Waals surface area (Å²) in [5.74, 6) is 0.223. The first-order valence-electron chi connectivity index (χ1n) is 14.6. The Morgan fingerprint density at radius 1 is 1.12 bits per heavy atom. The van der Waals surface area contributed by atoms with Gasteiger partial charge >= 0.3 is 12.2 Å². The van der Waals surface area contributed by atoms with Crippen molar-refractivity contribution in [3.63, 3.8) is 0 Å². The van der Waals surface area contributed by atoms with Gasteiger partial charge in [-0.3, -0.25) is 5.32 Å². The monoisotopic (exact) mass is 655 g/mol. The summed E-state index contributed by atoms with van der Waals surface area (Å²) >= 11 is 1.47. The van der Waals surface area contributed by atoms with Crippen molar-refractivity contribution in [2.45, 2.75) is 108 Å². The minimum absolute atomic E-state index is 0. The summed E-state index contributed by atoms with van der Waals surface area (Å²) in [5, 5.41) is 9.83. The quantitative estimate of drug-likeness (QED) is 0.278. The van der Waals surface area contributed by atoms with E-state index in [-0.39, 0.29) is 55.2 Å². The number of ether oxygens (including phenoxy) is 2. The lowest BCUT2D eigenvalue weighted by molar-refractivity contribution is 0.109. The van der Waals surface area contributed by atoms with Gasteiger partial charge in [0.1, 0.15) is 6.61 Å². The van der Waals surface area contributed by atoms with Gasteiger partial charge in [-0.1, -0.05) is 6.07 Å². The number of thiazole rings is 1. The van der Waals surface area contributed by atoms with E-state index in [1.54, 1.807) is 39.1 Å². The van der Waals surface area contributed by atoms with Crippen LogP contribution in [0, 0.1) is 0 Å². The molecule has 1 aliphatic heterocycles. The fourth-order valence-electron chi connectivity index (χ4n) is 5.21. The molecule has 0 spiro atoms. The Morgan fingerprint density at radius 2 is 1.84 bits per heavy atom. The minimum atomic E-state index is -3.95. The molecule has 11 nitrogen and oxygen atoms in total. The molecular weight excluding hydrogens is 611 g/mol. The maximum absolute atomic E-state index is 13.6. The molecule has 0 unspecified atom stereocenters. The van der Waals surface area contributed by atoms with Crippen molar-refractivity contribution in [1.82, 2.24) is 20.3 Å². The zero-order valence-corrected chi connectivity index (χ0v) is 28.1. The Bertz CT molecular complexity index is 1340. The van der Waals surface area contributed by atoms with E-state index in [0.29, 0.717) is 11.3 Å². The molecule has 1 atom stereocenters. The maximum Gasteiger partial charge on any atom is 0.411 e. The molecule has 2 fully saturated rings. The molecule has 240 valence electrons. The molecule has 0 radical (unpaired) electrons. The predicted octanol–water partition coefficient (Wildman–Crippen LogP) is 5.46. The van der Waals surface area contributed by atoms with Gasteiger partial charge in [0.05, 0.1) is 20.9 Å². The predicted molar refractivity (Wildman–Crippen MR) is 174 cm³/mol. The van der Waals surface area contributed by atoms with E-state index in [4.69, 9.17) is 9.47 Å². The molecule has 2 heterocycles. The molecule has 4 rings (SSSR count). The summed E-state index contributed by atoms with van der Waals surface area (Å²) in [5.41, 5.74) is 0.125. The third-order valence-corrected chi connectivity index (χ3v) is 10.1. The number of aromatic nitrogens is 1. The molecule has 1 saturated carbocycles. The second kappa shape index (κ2) is 15.1. The summed E-state index contributed by atoms with van der Waals surface area (Å²) in [4.78, 5) is 29.9. The number of nitrogens with zero attached hydrogens (tertiary/aromatic N) is 1. The van der Waals surface area contributed by atoms with Crippen LogP contribution in [0.4, 0.5) is 15.3 Å². The van der Waals surface area contributed by atoms with Crippen molar-refractivity contribution in [2.24, 2.45) is 0 Å². The van der Waals surface area contributed by atoms with Crippen molar-refractivity contribution in [2.75, 3.05) is 18.5 Å². The number of sulfonamides is 1. The highest BCUT2D eigenvalue weighted by atomic mass is 32.2. The van der Waals surface area contributed by atoms with E-state index in [2.05, 4.69) is 25.7 Å². The molecule has 2 aromatic rings. The van der Waals surface area contributed by atoms with Crippen molar-refractivity contribution < 1.29 is 27.5 Å². The Labute approximate surface area is 265 Å². The molecule has 14 heteroatoms. The van der Waals surface area contributed by atoms with Gasteiger partial charge in [-0.2, -0.15) is 13.5 Å². The number of nitrogens with one attached hydrogen (secondary N) is 4. The molecular formula is C29H45N5O6S3. The lowest BCUT2D eigenvalue weighted by Gasteiger charge is -2.28. The molecule has 1 aromatic carbocycles. The minimum Gasteiger partial charge on any atom is -0.448 e. The van der Waals surface area contributed by atoms with E-state index in [9.17, 15) is 18.0 Å². The summed E-state index contributed by atoms with van der Waals surface area (Å²) in [6.07, 6.45) is 5.87. The zero-order valence-electron chi connectivity index (χ0n) is 25.5. The van der Waals surface area contributed by atoms with E-state index < -0.39 is 21.7 Å². The highest BCUT2D eigenvalue weighted by molar-refractivity contribution is 7.89. The lowest BCUT2D eigenvalue weighted by atomic mass is 9.86. The smallest absolute Gasteiger partial charge is 0.411 e. The standard InChI is InChI=1S/C29H43N5O6S2.H2S/c1-18(2)40-28(36)32-20-10-8-19(9-11-20)26-31-16-24(41-26)23-13-12-21(15-25(23)42(37,38)34-29(3,4)5)33-27(35)39-17-22-7-6-14-30-22;/h12-13,15-16,18-20,22,30,34H,6-11,14,17H2,1-5H3,(H,32,36)(H,33,35);1H2/t19?,20?,22-;/m0./s1. The molecule has 1 aromatic heterocycles. The number of hydrogen-bond donors (Lipinski definition) is 4. The van der Waals surface area contributed by atoms with Crippen molar-refractivity contribution in [3.8, 4) is 10.4 Å². The number of alkyl carbamates (subject to hydrolysis) is 1. The molecule has 1 aliphatic carbocycles. The third kappa shape index (κ3) is 10.3. The van der Waals surface area contributed by atoms with Crippen LogP contribution in [0.2, 0.25) is 0 Å². The number of rotatable bonds is 9. The largest absolute Gasteiger partial charge is 0.448 e. The van der Waals surface area contributed by atoms with Crippen LogP contribution < -0.4 is 20.7 Å². The van der Waals surface area contributed by atoms with Crippen LogP contribution in [0.25, 0.3) is 10.4 Å². The molecule has 4 N–H and O–H groups in total. The van der Waals surface area contributed by atoms with Crippen molar-refractivity contribution in [3.05, 3.63) is 29.4 Å². The molecule has 43 heavy (non-hydrogen) atoms. The number of carbonyl (C=O) groups excluding carboxylic acids is 2. The van der Waals surface area contributed by atoms with Crippen LogP contribution in [-0.2, 0) is 19.5 Å². The summed E-state index contributed by atoms with van der Waals surface area (Å²) < 4.78 is 40.4. The first kappa shape index (κ1) is 35.1. The molecule has 2 aliphatic rings. The Hall–Kier alpha value is -2.39. The molecule has 0 bridgehead atoms. The van der Waals surface area contributed by atoms with Gasteiger partial charge in [0.25, 0.3) is 0 Å². The molecule has 1 saturated heterocycles. The fourth-order valence-corrected chi connectivity index (χ4v) is 8.07.